The van der Waals surface area contributed by atoms with Crippen molar-refractivity contribution < 1.29 is 0 Å². The Morgan fingerprint density at radius 3 is 2.71 bits per heavy atom. The lowest BCUT2D eigenvalue weighted by atomic mass is 9.85. The zero-order valence-electron chi connectivity index (χ0n) is 14.1. The highest BCUT2D eigenvalue weighted by atomic mass is 35.5. The minimum atomic E-state index is 0.620. The van der Waals surface area contributed by atoms with Crippen LogP contribution in [-0.2, 0) is 12.8 Å². The lowest BCUT2D eigenvalue weighted by molar-refractivity contribution is 0.174. The van der Waals surface area contributed by atoms with E-state index in [1.54, 1.807) is 0 Å². The van der Waals surface area contributed by atoms with Crippen molar-refractivity contribution in [2.24, 2.45) is 0 Å². The molecule has 2 unspecified atom stereocenters. The van der Waals surface area contributed by atoms with Crippen molar-refractivity contribution in [3.8, 4) is 11.1 Å². The fraction of sp³-hybridized carbons (Fsp3) is 0.429. The Bertz CT molecular complexity index is 755. The average molecular weight is 360 g/mol. The zero-order chi connectivity index (χ0) is 16.7. The van der Waals surface area contributed by atoms with Crippen molar-refractivity contribution in [2.45, 2.75) is 51.1 Å². The highest BCUT2D eigenvalue weighted by Crippen LogP contribution is 2.36. The summed E-state index contributed by atoms with van der Waals surface area (Å²) in [5, 5.41) is 1.27. The number of fused-ring (bicyclic) bond motifs is 1. The molecule has 2 aliphatic rings. The maximum absolute atomic E-state index is 6.40. The summed E-state index contributed by atoms with van der Waals surface area (Å²) in [5.41, 5.74) is 5.19. The SMILES string of the molecule is CC1CCCN1C1CCc2cc(-c3cccc(Cl)c3Cl)ccc2C1. The molecule has 0 spiro atoms. The van der Waals surface area contributed by atoms with E-state index in [1.807, 2.05) is 18.2 Å². The number of benzene rings is 2. The Morgan fingerprint density at radius 2 is 1.92 bits per heavy atom. The first-order valence-electron chi connectivity index (χ1n) is 8.95. The van der Waals surface area contributed by atoms with Crippen molar-refractivity contribution in [3.63, 3.8) is 0 Å². The number of aryl methyl sites for hydroxylation is 1. The smallest absolute Gasteiger partial charge is 0.0670 e. The van der Waals surface area contributed by atoms with E-state index in [-0.39, 0.29) is 0 Å². The molecular formula is C21H23Cl2N. The number of nitrogens with zero attached hydrogens (tertiary/aromatic N) is 1. The molecule has 126 valence electrons. The number of rotatable bonds is 2. The fourth-order valence-electron chi connectivity index (χ4n) is 4.41. The predicted molar refractivity (Wildman–Crippen MR) is 103 cm³/mol. The van der Waals surface area contributed by atoms with E-state index < -0.39 is 0 Å². The predicted octanol–water partition coefficient (Wildman–Crippen LogP) is 6.00. The third-order valence-corrected chi connectivity index (χ3v) is 6.56. The van der Waals surface area contributed by atoms with E-state index in [0.29, 0.717) is 10.0 Å². The molecule has 2 aromatic carbocycles. The number of hydrogen-bond donors (Lipinski definition) is 0. The summed E-state index contributed by atoms with van der Waals surface area (Å²) in [6.45, 7) is 3.66. The normalized spacial score (nSPS) is 24.1. The van der Waals surface area contributed by atoms with Crippen molar-refractivity contribution in [3.05, 3.63) is 57.6 Å². The van der Waals surface area contributed by atoms with Gasteiger partial charge in [0.1, 0.15) is 0 Å². The third-order valence-electron chi connectivity index (χ3n) is 5.74. The summed E-state index contributed by atoms with van der Waals surface area (Å²) < 4.78 is 0. The van der Waals surface area contributed by atoms with Crippen LogP contribution >= 0.6 is 23.2 Å². The molecule has 0 N–H and O–H groups in total. The van der Waals surface area contributed by atoms with E-state index in [9.17, 15) is 0 Å². The molecule has 3 heteroatoms. The second kappa shape index (κ2) is 6.71. The molecular weight excluding hydrogens is 337 g/mol. The lowest BCUT2D eigenvalue weighted by Gasteiger charge is -2.35. The Kier molecular flexibility index (Phi) is 4.60. The van der Waals surface area contributed by atoms with Crippen molar-refractivity contribution in [1.29, 1.82) is 0 Å². The summed E-state index contributed by atoms with van der Waals surface area (Å²) in [6.07, 6.45) is 6.33. The Labute approximate surface area is 154 Å². The van der Waals surface area contributed by atoms with Crippen molar-refractivity contribution in [2.75, 3.05) is 6.54 Å². The fourth-order valence-corrected chi connectivity index (χ4v) is 4.82. The van der Waals surface area contributed by atoms with Gasteiger partial charge in [-0.25, -0.2) is 0 Å². The summed E-state index contributed by atoms with van der Waals surface area (Å²) >= 11 is 12.6. The maximum Gasteiger partial charge on any atom is 0.0670 e. The highest BCUT2D eigenvalue weighted by molar-refractivity contribution is 6.43. The van der Waals surface area contributed by atoms with Crippen LogP contribution in [0.3, 0.4) is 0 Å². The molecule has 1 nitrogen and oxygen atoms in total. The van der Waals surface area contributed by atoms with Gasteiger partial charge in [-0.3, -0.25) is 4.90 Å². The van der Waals surface area contributed by atoms with Gasteiger partial charge in [0.05, 0.1) is 10.0 Å². The van der Waals surface area contributed by atoms with E-state index in [1.165, 1.54) is 48.9 Å². The topological polar surface area (TPSA) is 3.24 Å². The summed E-state index contributed by atoms with van der Waals surface area (Å²) in [4.78, 5) is 2.73. The maximum atomic E-state index is 6.40. The third kappa shape index (κ3) is 2.98. The minimum absolute atomic E-state index is 0.620. The van der Waals surface area contributed by atoms with Crippen LogP contribution in [0.2, 0.25) is 10.0 Å². The van der Waals surface area contributed by atoms with Crippen LogP contribution in [-0.4, -0.2) is 23.5 Å². The number of hydrogen-bond acceptors (Lipinski definition) is 1. The van der Waals surface area contributed by atoms with Crippen LogP contribution in [0, 0.1) is 0 Å². The van der Waals surface area contributed by atoms with Gasteiger partial charge in [-0.1, -0.05) is 53.5 Å². The van der Waals surface area contributed by atoms with Gasteiger partial charge in [-0.05, 0) is 68.3 Å². The monoisotopic (exact) mass is 359 g/mol. The second-order valence-corrected chi connectivity index (χ2v) is 8.00. The molecule has 4 rings (SSSR count). The number of halogens is 2. The Hall–Kier alpha value is -1.02. The molecule has 0 amide bonds. The first kappa shape index (κ1) is 16.4. The first-order chi connectivity index (χ1) is 11.6. The molecule has 0 bridgehead atoms. The van der Waals surface area contributed by atoms with Crippen LogP contribution in [0.4, 0.5) is 0 Å². The standard InChI is InChI=1S/C21H23Cl2N/c1-14-4-3-11-24(14)18-10-9-15-12-17(8-7-16(15)13-18)19-5-2-6-20(22)21(19)23/h2,5-8,12,14,18H,3-4,9-11,13H2,1H3. The quantitative estimate of drug-likeness (QED) is 0.635. The van der Waals surface area contributed by atoms with Gasteiger partial charge in [0, 0.05) is 17.6 Å². The highest BCUT2D eigenvalue weighted by Gasteiger charge is 2.30. The van der Waals surface area contributed by atoms with Crippen LogP contribution in [0.5, 0.6) is 0 Å². The van der Waals surface area contributed by atoms with Crippen LogP contribution < -0.4 is 0 Å². The Morgan fingerprint density at radius 1 is 1.04 bits per heavy atom. The summed E-state index contributed by atoms with van der Waals surface area (Å²) in [6, 6.07) is 14.1. The molecule has 1 aliphatic heterocycles. The summed E-state index contributed by atoms with van der Waals surface area (Å²) in [7, 11) is 0. The molecule has 24 heavy (non-hydrogen) atoms. The van der Waals surface area contributed by atoms with Crippen LogP contribution in [0.25, 0.3) is 11.1 Å². The van der Waals surface area contributed by atoms with Crippen molar-refractivity contribution >= 4 is 23.2 Å². The van der Waals surface area contributed by atoms with Gasteiger partial charge in [0.15, 0.2) is 0 Å². The molecule has 1 heterocycles. The number of likely N-dealkylation sites (tertiary alicyclic amines) is 1. The lowest BCUT2D eigenvalue weighted by Crippen LogP contribution is -2.41. The van der Waals surface area contributed by atoms with E-state index in [0.717, 1.165) is 24.1 Å². The molecule has 1 fully saturated rings. The zero-order valence-corrected chi connectivity index (χ0v) is 15.6. The van der Waals surface area contributed by atoms with Gasteiger partial charge in [-0.2, -0.15) is 0 Å². The van der Waals surface area contributed by atoms with Gasteiger partial charge in [0.25, 0.3) is 0 Å². The summed E-state index contributed by atoms with van der Waals surface area (Å²) in [5.74, 6) is 0. The molecule has 1 saturated heterocycles. The first-order valence-corrected chi connectivity index (χ1v) is 9.71. The van der Waals surface area contributed by atoms with Gasteiger partial charge < -0.3 is 0 Å². The van der Waals surface area contributed by atoms with Gasteiger partial charge in [0.2, 0.25) is 0 Å². The average Bonchev–Trinajstić information content (AvgIpc) is 3.02. The van der Waals surface area contributed by atoms with Crippen LogP contribution in [0.1, 0.15) is 37.3 Å². The Balaban J connectivity index is 1.60. The largest absolute Gasteiger partial charge is 0.297 e. The van der Waals surface area contributed by atoms with E-state index in [4.69, 9.17) is 23.2 Å². The minimum Gasteiger partial charge on any atom is -0.297 e. The van der Waals surface area contributed by atoms with Gasteiger partial charge in [-0.15, -0.1) is 0 Å². The molecule has 2 aromatic rings. The molecule has 0 aromatic heterocycles. The second-order valence-electron chi connectivity index (χ2n) is 7.21. The molecule has 2 atom stereocenters. The van der Waals surface area contributed by atoms with Gasteiger partial charge >= 0.3 is 0 Å². The van der Waals surface area contributed by atoms with Crippen molar-refractivity contribution in [1.82, 2.24) is 4.90 Å². The molecule has 1 aliphatic carbocycles. The van der Waals surface area contributed by atoms with Crippen LogP contribution in [0.15, 0.2) is 36.4 Å². The molecule has 0 saturated carbocycles. The van der Waals surface area contributed by atoms with E-state index >= 15 is 0 Å². The molecule has 0 radical (unpaired) electrons. The van der Waals surface area contributed by atoms with E-state index in [2.05, 4.69) is 30.0 Å².